The van der Waals surface area contributed by atoms with Gasteiger partial charge in [0.05, 0.1) is 12.7 Å². The number of ether oxygens (including phenoxy) is 2. The lowest BCUT2D eigenvalue weighted by molar-refractivity contribution is -0.146. The number of carbonyl (C=O) groups is 1. The summed E-state index contributed by atoms with van der Waals surface area (Å²) in [5, 5.41) is 6.18. The Morgan fingerprint density at radius 1 is 1.07 bits per heavy atom. The molecule has 0 atom stereocenters. The highest BCUT2D eigenvalue weighted by molar-refractivity contribution is 6.31. The topological polar surface area (TPSA) is 83.1 Å². The molecule has 0 spiro atoms. The van der Waals surface area contributed by atoms with Gasteiger partial charge in [-0.05, 0) is 41.1 Å². The molecule has 0 aliphatic heterocycles. The number of benzene rings is 3. The van der Waals surface area contributed by atoms with E-state index >= 15 is 0 Å². The number of fused-ring (bicyclic) bond motifs is 1. The van der Waals surface area contributed by atoms with Crippen LogP contribution in [0.2, 0.25) is 5.02 Å². The van der Waals surface area contributed by atoms with Crippen molar-refractivity contribution in [3.8, 4) is 11.5 Å². The molecule has 3 aromatic rings. The zero-order valence-electron chi connectivity index (χ0n) is 14.5. The van der Waals surface area contributed by atoms with Gasteiger partial charge in [-0.15, -0.1) is 0 Å². The number of nitrogens with two attached hydrogens (primary N) is 1. The first-order valence-corrected chi connectivity index (χ1v) is 8.43. The summed E-state index contributed by atoms with van der Waals surface area (Å²) in [6.07, 6.45) is 0. The average molecular weight is 385 g/mol. The molecular weight excluding hydrogens is 368 g/mol. The normalized spacial score (nSPS) is 11.3. The van der Waals surface area contributed by atoms with Gasteiger partial charge in [0.1, 0.15) is 11.5 Å². The second-order valence-corrected chi connectivity index (χ2v) is 6.02. The molecule has 0 heterocycles. The van der Waals surface area contributed by atoms with E-state index in [1.54, 1.807) is 24.3 Å². The Bertz CT molecular complexity index is 1000. The van der Waals surface area contributed by atoms with E-state index < -0.39 is 5.97 Å². The van der Waals surface area contributed by atoms with Crippen molar-refractivity contribution in [1.29, 1.82) is 0 Å². The van der Waals surface area contributed by atoms with E-state index in [-0.39, 0.29) is 12.4 Å². The molecule has 27 heavy (non-hydrogen) atoms. The van der Waals surface area contributed by atoms with Crippen LogP contribution in [0.15, 0.2) is 65.8 Å². The smallest absolute Gasteiger partial charge is 0.372 e. The van der Waals surface area contributed by atoms with Crippen LogP contribution in [0, 0.1) is 0 Å². The van der Waals surface area contributed by atoms with E-state index in [1.165, 1.54) is 7.11 Å². The number of nitrogens with zero attached hydrogens (tertiary/aromatic N) is 1. The van der Waals surface area contributed by atoms with Crippen molar-refractivity contribution < 1.29 is 19.1 Å². The molecule has 0 aromatic heterocycles. The molecule has 0 saturated heterocycles. The predicted octanol–water partition coefficient (Wildman–Crippen LogP) is 3.74. The van der Waals surface area contributed by atoms with Crippen LogP contribution < -0.4 is 15.2 Å². The maximum atomic E-state index is 11.9. The second-order valence-electron chi connectivity index (χ2n) is 5.58. The molecule has 0 amide bonds. The monoisotopic (exact) mass is 384 g/mol. The third-order valence-corrected chi connectivity index (χ3v) is 4.00. The van der Waals surface area contributed by atoms with Gasteiger partial charge in [0.25, 0.3) is 0 Å². The van der Waals surface area contributed by atoms with Crippen molar-refractivity contribution in [1.82, 2.24) is 0 Å². The van der Waals surface area contributed by atoms with E-state index in [1.807, 2.05) is 36.4 Å². The number of hydrogen-bond donors (Lipinski definition) is 1. The maximum Gasteiger partial charge on any atom is 0.372 e. The lowest BCUT2D eigenvalue weighted by atomic mass is 10.1. The molecule has 0 radical (unpaired) electrons. The summed E-state index contributed by atoms with van der Waals surface area (Å²) in [6, 6.07) is 18.3. The van der Waals surface area contributed by atoms with Crippen LogP contribution in [0.1, 0.15) is 5.56 Å². The van der Waals surface area contributed by atoms with Crippen LogP contribution in [0.25, 0.3) is 10.8 Å². The van der Waals surface area contributed by atoms with Crippen molar-refractivity contribution >= 4 is 34.2 Å². The standard InChI is InChI=1S/C20H17ClN2O4/c1-25-18-9-7-15(21)11-17(18)20(22)23-27-19(24)12-26-16-8-6-13-4-2-3-5-14(13)10-16/h2-11H,12H2,1H3,(H2,22,23). The van der Waals surface area contributed by atoms with Crippen LogP contribution in [0.3, 0.4) is 0 Å². The Balaban J connectivity index is 1.61. The molecule has 3 aromatic carbocycles. The molecule has 0 saturated carbocycles. The zero-order chi connectivity index (χ0) is 19.2. The number of rotatable bonds is 6. The number of oxime groups is 1. The summed E-state index contributed by atoms with van der Waals surface area (Å²) in [7, 11) is 1.49. The van der Waals surface area contributed by atoms with Gasteiger partial charge in [0.2, 0.25) is 0 Å². The third kappa shape index (κ3) is 4.68. The first-order chi connectivity index (χ1) is 13.1. The van der Waals surface area contributed by atoms with Gasteiger partial charge >= 0.3 is 5.97 Å². The zero-order valence-corrected chi connectivity index (χ0v) is 15.3. The van der Waals surface area contributed by atoms with E-state index in [2.05, 4.69) is 5.16 Å². The molecule has 0 bridgehead atoms. The highest BCUT2D eigenvalue weighted by atomic mass is 35.5. The highest BCUT2D eigenvalue weighted by Crippen LogP contribution is 2.22. The number of halogens is 1. The minimum Gasteiger partial charge on any atom is -0.496 e. The van der Waals surface area contributed by atoms with Gasteiger partial charge < -0.3 is 20.0 Å². The second kappa shape index (κ2) is 8.42. The van der Waals surface area contributed by atoms with Crippen LogP contribution >= 0.6 is 11.6 Å². The lowest BCUT2D eigenvalue weighted by Gasteiger charge is -2.08. The molecule has 3 rings (SSSR count). The maximum absolute atomic E-state index is 11.9. The van der Waals surface area contributed by atoms with Crippen LogP contribution in [-0.4, -0.2) is 25.5 Å². The molecule has 0 aliphatic rings. The molecule has 6 nitrogen and oxygen atoms in total. The van der Waals surface area contributed by atoms with Crippen molar-refractivity contribution in [3.63, 3.8) is 0 Å². The van der Waals surface area contributed by atoms with E-state index in [0.29, 0.717) is 22.1 Å². The van der Waals surface area contributed by atoms with Gasteiger partial charge in [-0.25, -0.2) is 4.79 Å². The van der Waals surface area contributed by atoms with Gasteiger partial charge in [-0.3, -0.25) is 0 Å². The first kappa shape index (κ1) is 18.5. The summed E-state index contributed by atoms with van der Waals surface area (Å²) in [5.74, 6) is 0.295. The fourth-order valence-electron chi connectivity index (χ4n) is 2.46. The Morgan fingerprint density at radius 2 is 1.85 bits per heavy atom. The minimum absolute atomic E-state index is 0.0339. The van der Waals surface area contributed by atoms with Gasteiger partial charge in [-0.2, -0.15) is 0 Å². The van der Waals surface area contributed by atoms with Gasteiger partial charge in [0.15, 0.2) is 12.4 Å². The molecule has 0 fully saturated rings. The van der Waals surface area contributed by atoms with E-state index in [4.69, 9.17) is 31.6 Å². The highest BCUT2D eigenvalue weighted by Gasteiger charge is 2.11. The number of methoxy groups -OCH3 is 1. The quantitative estimate of drug-likeness (QED) is 0.303. The van der Waals surface area contributed by atoms with Gasteiger partial charge in [0, 0.05) is 5.02 Å². The van der Waals surface area contributed by atoms with Crippen molar-refractivity contribution in [2.75, 3.05) is 13.7 Å². The SMILES string of the molecule is COc1ccc(Cl)cc1/C(N)=N/OC(=O)COc1ccc2ccccc2c1. The Kier molecular flexibility index (Phi) is 5.78. The summed E-state index contributed by atoms with van der Waals surface area (Å²) in [4.78, 5) is 16.7. The summed E-state index contributed by atoms with van der Waals surface area (Å²) < 4.78 is 10.6. The first-order valence-electron chi connectivity index (χ1n) is 8.05. The Hall–Kier alpha value is -3.25. The number of carbonyl (C=O) groups excluding carboxylic acids is 1. The largest absolute Gasteiger partial charge is 0.496 e. The minimum atomic E-state index is -0.688. The molecular formula is C20H17ClN2O4. The lowest BCUT2D eigenvalue weighted by Crippen LogP contribution is -2.18. The van der Waals surface area contributed by atoms with Crippen molar-refractivity contribution in [3.05, 3.63) is 71.2 Å². The Labute approximate surface area is 161 Å². The number of amidine groups is 1. The van der Waals surface area contributed by atoms with E-state index in [9.17, 15) is 4.79 Å². The molecule has 0 unspecified atom stereocenters. The average Bonchev–Trinajstić information content (AvgIpc) is 2.70. The van der Waals surface area contributed by atoms with Gasteiger partial charge in [-0.1, -0.05) is 47.1 Å². The summed E-state index contributed by atoms with van der Waals surface area (Å²) in [5.41, 5.74) is 6.28. The fraction of sp³-hybridized carbons (Fsp3) is 0.100. The number of hydrogen-bond acceptors (Lipinski definition) is 5. The molecule has 0 aliphatic carbocycles. The molecule has 2 N–H and O–H groups in total. The Morgan fingerprint density at radius 3 is 2.63 bits per heavy atom. The molecule has 138 valence electrons. The fourth-order valence-corrected chi connectivity index (χ4v) is 2.63. The van der Waals surface area contributed by atoms with Crippen LogP contribution in [0.4, 0.5) is 0 Å². The van der Waals surface area contributed by atoms with E-state index in [0.717, 1.165) is 10.8 Å². The van der Waals surface area contributed by atoms with Crippen LogP contribution in [-0.2, 0) is 9.63 Å². The summed E-state index contributed by atoms with van der Waals surface area (Å²) in [6.45, 7) is -0.304. The third-order valence-electron chi connectivity index (χ3n) is 3.76. The van der Waals surface area contributed by atoms with Crippen molar-refractivity contribution in [2.24, 2.45) is 10.9 Å². The molecule has 7 heteroatoms. The predicted molar refractivity (Wildman–Crippen MR) is 104 cm³/mol. The van der Waals surface area contributed by atoms with Crippen LogP contribution in [0.5, 0.6) is 11.5 Å². The van der Waals surface area contributed by atoms with Crippen molar-refractivity contribution in [2.45, 2.75) is 0 Å². The summed E-state index contributed by atoms with van der Waals surface area (Å²) >= 11 is 5.95.